The van der Waals surface area contributed by atoms with Gasteiger partial charge in [0.2, 0.25) is 0 Å². The van der Waals surface area contributed by atoms with Crippen LogP contribution in [0.1, 0.15) is 13.8 Å². The minimum Gasteiger partial charge on any atom is -0.382 e. The summed E-state index contributed by atoms with van der Waals surface area (Å²) in [5.41, 5.74) is 0. The lowest BCUT2D eigenvalue weighted by Gasteiger charge is -1.86. The number of hydrogen-bond acceptors (Lipinski definition) is 1. The number of alkyl halides is 2. The van der Waals surface area contributed by atoms with Gasteiger partial charge in [0.15, 0.2) is 0 Å². The first kappa shape index (κ1) is 11.4. The fourth-order valence-electron chi connectivity index (χ4n) is 0.204. The lowest BCUT2D eigenvalue weighted by Crippen LogP contribution is -1.84. The van der Waals surface area contributed by atoms with Gasteiger partial charge < -0.3 is 4.74 Å². The van der Waals surface area contributed by atoms with Gasteiger partial charge in [-0.3, -0.25) is 0 Å². The Balaban J connectivity index is 0. The third kappa shape index (κ3) is 31.1. The van der Waals surface area contributed by atoms with Crippen molar-refractivity contribution in [3.05, 3.63) is 0 Å². The molecule has 8 heavy (non-hydrogen) atoms. The largest absolute Gasteiger partial charge is 0.382 e. The van der Waals surface area contributed by atoms with Crippen molar-refractivity contribution in [1.82, 2.24) is 0 Å². The Morgan fingerprint density at radius 1 is 1.12 bits per heavy atom. The first-order valence-corrected chi connectivity index (χ1v) is 3.60. The molecule has 0 rings (SSSR count). The maximum atomic E-state index is 4.83. The van der Waals surface area contributed by atoms with E-state index in [1.807, 2.05) is 13.8 Å². The molecule has 0 amide bonds. The third-order valence-electron chi connectivity index (χ3n) is 0.408. The minimum absolute atomic E-state index is 0.194. The number of halogens is 2. The lowest BCUT2D eigenvalue weighted by atomic mass is 10.8. The fourth-order valence-corrected chi connectivity index (χ4v) is 0.204. The molecule has 0 saturated carbocycles. The summed E-state index contributed by atoms with van der Waals surface area (Å²) in [6.45, 7) is 5.67. The Morgan fingerprint density at radius 3 is 1.38 bits per heavy atom. The van der Waals surface area contributed by atoms with Crippen LogP contribution in [0.3, 0.4) is 0 Å². The van der Waals surface area contributed by atoms with Gasteiger partial charge in [0, 0.05) is 13.2 Å². The van der Waals surface area contributed by atoms with Gasteiger partial charge in [0.1, 0.15) is 0 Å². The van der Waals surface area contributed by atoms with Crippen LogP contribution in [-0.4, -0.2) is 18.6 Å². The van der Waals surface area contributed by atoms with Crippen LogP contribution in [0.4, 0.5) is 0 Å². The maximum Gasteiger partial charge on any atom is 0.0967 e. The van der Waals surface area contributed by atoms with Crippen molar-refractivity contribution in [2.45, 2.75) is 13.8 Å². The summed E-state index contributed by atoms with van der Waals surface area (Å²) in [5, 5.41) is 0.194. The Morgan fingerprint density at radius 2 is 1.38 bits per heavy atom. The molecule has 0 aliphatic rings. The van der Waals surface area contributed by atoms with E-state index in [2.05, 4.69) is 0 Å². The van der Waals surface area contributed by atoms with E-state index in [9.17, 15) is 0 Å². The summed E-state index contributed by atoms with van der Waals surface area (Å²) in [4.78, 5) is 0. The molecule has 52 valence electrons. The molecule has 3 heteroatoms. The van der Waals surface area contributed by atoms with E-state index in [1.54, 1.807) is 0 Å². The molecule has 1 nitrogen and oxygen atoms in total. The Kier molecular flexibility index (Phi) is 22.2. The molecule has 0 heterocycles. The molecule has 0 radical (unpaired) electrons. The van der Waals surface area contributed by atoms with E-state index in [-0.39, 0.29) is 5.34 Å². The predicted octanol–water partition coefficient (Wildman–Crippen LogP) is 2.46. The highest BCUT2D eigenvalue weighted by atomic mass is 35.5. The van der Waals surface area contributed by atoms with E-state index in [0.717, 1.165) is 13.2 Å². The average Bonchev–Trinajstić information content (AvgIpc) is 1.71. The summed E-state index contributed by atoms with van der Waals surface area (Å²) >= 11 is 9.53. The average molecular weight is 159 g/mol. The third-order valence-corrected chi connectivity index (χ3v) is 0.408. The topological polar surface area (TPSA) is 9.23 Å². The van der Waals surface area contributed by atoms with Gasteiger partial charge in [0.25, 0.3) is 0 Å². The Bertz CT molecular complexity index is 24.4. The molecule has 0 unspecified atom stereocenters. The van der Waals surface area contributed by atoms with Crippen LogP contribution in [0.5, 0.6) is 0 Å². The second-order valence-corrected chi connectivity index (χ2v) is 1.69. The van der Waals surface area contributed by atoms with Gasteiger partial charge in [0.05, 0.1) is 5.34 Å². The van der Waals surface area contributed by atoms with Crippen LogP contribution in [0.2, 0.25) is 0 Å². The number of ether oxygens (including phenoxy) is 1. The molecular formula is C5H12Cl2O. The van der Waals surface area contributed by atoms with Crippen LogP contribution < -0.4 is 0 Å². The molecule has 0 aromatic carbocycles. The van der Waals surface area contributed by atoms with Crippen molar-refractivity contribution in [1.29, 1.82) is 0 Å². The van der Waals surface area contributed by atoms with E-state index < -0.39 is 0 Å². The van der Waals surface area contributed by atoms with Crippen LogP contribution in [-0.2, 0) is 4.74 Å². The van der Waals surface area contributed by atoms with Gasteiger partial charge in [-0.1, -0.05) is 0 Å². The number of rotatable bonds is 2. The molecule has 0 aliphatic heterocycles. The predicted molar refractivity (Wildman–Crippen MR) is 38.7 cm³/mol. The molecule has 0 aromatic heterocycles. The van der Waals surface area contributed by atoms with Gasteiger partial charge >= 0.3 is 0 Å². The highest BCUT2D eigenvalue weighted by Gasteiger charge is 1.64. The zero-order valence-corrected chi connectivity index (χ0v) is 6.80. The van der Waals surface area contributed by atoms with Crippen LogP contribution in [0.25, 0.3) is 0 Å². The van der Waals surface area contributed by atoms with Crippen LogP contribution in [0, 0.1) is 0 Å². The monoisotopic (exact) mass is 158 g/mol. The van der Waals surface area contributed by atoms with Crippen molar-refractivity contribution < 1.29 is 4.74 Å². The zero-order valence-electron chi connectivity index (χ0n) is 5.29. The molecule has 0 bridgehead atoms. The van der Waals surface area contributed by atoms with E-state index in [4.69, 9.17) is 27.9 Å². The molecule has 0 aromatic rings. The molecule has 0 aliphatic carbocycles. The van der Waals surface area contributed by atoms with Crippen molar-refractivity contribution in [3.8, 4) is 0 Å². The molecule has 0 spiro atoms. The van der Waals surface area contributed by atoms with Crippen LogP contribution in [0.15, 0.2) is 0 Å². The van der Waals surface area contributed by atoms with Gasteiger partial charge in [-0.2, -0.15) is 0 Å². The quantitative estimate of drug-likeness (QED) is 0.562. The van der Waals surface area contributed by atoms with Crippen molar-refractivity contribution in [2.24, 2.45) is 0 Å². The van der Waals surface area contributed by atoms with Gasteiger partial charge in [-0.25, -0.2) is 0 Å². The Hall–Kier alpha value is 0.540. The molecule has 0 atom stereocenters. The van der Waals surface area contributed by atoms with E-state index in [1.165, 1.54) is 0 Å². The second kappa shape index (κ2) is 15.6. The summed E-state index contributed by atoms with van der Waals surface area (Å²) in [7, 11) is 0. The molecule has 0 saturated heterocycles. The lowest BCUT2D eigenvalue weighted by molar-refractivity contribution is 0.162. The zero-order chi connectivity index (χ0) is 6.83. The standard InChI is InChI=1S/C4H10O.CH2Cl2/c1-3-5-4-2;2-1-3/h3-4H2,1-2H3;1H2. The minimum atomic E-state index is 0.194. The summed E-state index contributed by atoms with van der Waals surface area (Å²) in [6.07, 6.45) is 0. The maximum absolute atomic E-state index is 4.83. The molecular weight excluding hydrogens is 147 g/mol. The molecule has 0 fully saturated rings. The summed E-state index contributed by atoms with van der Waals surface area (Å²) in [6, 6.07) is 0. The summed E-state index contributed by atoms with van der Waals surface area (Å²) < 4.78 is 4.83. The first-order chi connectivity index (χ1) is 3.83. The van der Waals surface area contributed by atoms with E-state index in [0.29, 0.717) is 0 Å². The number of hydrogen-bond donors (Lipinski definition) is 0. The van der Waals surface area contributed by atoms with Gasteiger partial charge in [-0.15, -0.1) is 23.2 Å². The fraction of sp³-hybridized carbons (Fsp3) is 1.00. The smallest absolute Gasteiger partial charge is 0.0967 e. The summed E-state index contributed by atoms with van der Waals surface area (Å²) in [5.74, 6) is 0. The Labute approximate surface area is 60.9 Å². The van der Waals surface area contributed by atoms with Crippen LogP contribution >= 0.6 is 23.2 Å². The van der Waals surface area contributed by atoms with Crippen molar-refractivity contribution in [2.75, 3.05) is 18.6 Å². The highest BCUT2D eigenvalue weighted by Crippen LogP contribution is 1.73. The van der Waals surface area contributed by atoms with E-state index >= 15 is 0 Å². The van der Waals surface area contributed by atoms with Crippen molar-refractivity contribution in [3.63, 3.8) is 0 Å². The second-order valence-electron chi connectivity index (χ2n) is 0.882. The normalized spacial score (nSPS) is 7.50. The highest BCUT2D eigenvalue weighted by molar-refractivity contribution is 6.40. The SMILES string of the molecule is CCOCC.ClCCl. The first-order valence-electron chi connectivity index (χ1n) is 2.53. The molecule has 0 N–H and O–H groups in total. The van der Waals surface area contributed by atoms with Crippen molar-refractivity contribution >= 4 is 23.2 Å². The van der Waals surface area contributed by atoms with Gasteiger partial charge in [-0.05, 0) is 13.8 Å².